The van der Waals surface area contributed by atoms with Gasteiger partial charge in [0.2, 0.25) is 0 Å². The molecule has 0 bridgehead atoms. The molecule has 10 nitrogen and oxygen atoms in total. The Kier molecular flexibility index (Phi) is 8.64. The second kappa shape index (κ2) is 11.7. The van der Waals surface area contributed by atoms with Crippen molar-refractivity contribution in [2.45, 2.75) is 31.5 Å². The largest absolute Gasteiger partial charge is 0.479 e. The minimum absolute atomic E-state index is 0.0156. The molecule has 1 aliphatic rings. The van der Waals surface area contributed by atoms with Crippen molar-refractivity contribution >= 4 is 17.6 Å². The molecular formula is C25H27FN4O6. The van der Waals surface area contributed by atoms with E-state index >= 15 is 0 Å². The number of nitrogens with one attached hydrogen (secondary N) is 1. The number of fused-ring (bicyclic) bond motifs is 1. The lowest BCUT2D eigenvalue weighted by molar-refractivity contribution is -0.165. The Labute approximate surface area is 206 Å². The number of halogens is 1. The Morgan fingerprint density at radius 2 is 1.67 bits per heavy atom. The van der Waals surface area contributed by atoms with Crippen LogP contribution in [-0.4, -0.2) is 73.4 Å². The number of carboxylic acids is 2. The van der Waals surface area contributed by atoms with Crippen molar-refractivity contribution in [2.75, 3.05) is 19.0 Å². The van der Waals surface area contributed by atoms with E-state index in [1.807, 2.05) is 49.3 Å². The van der Waals surface area contributed by atoms with Gasteiger partial charge >= 0.3 is 11.9 Å². The third kappa shape index (κ3) is 6.39. The van der Waals surface area contributed by atoms with Gasteiger partial charge in [-0.1, -0.05) is 30.3 Å². The van der Waals surface area contributed by atoms with E-state index in [9.17, 15) is 14.0 Å². The minimum Gasteiger partial charge on any atom is -0.479 e. The smallest absolute Gasteiger partial charge is 0.335 e. The number of hydrogen-bond acceptors (Lipinski definition) is 8. The van der Waals surface area contributed by atoms with E-state index in [2.05, 4.69) is 27.8 Å². The fourth-order valence-electron chi connectivity index (χ4n) is 3.76. The predicted molar refractivity (Wildman–Crippen MR) is 129 cm³/mol. The van der Waals surface area contributed by atoms with Gasteiger partial charge in [0.05, 0.1) is 17.1 Å². The highest BCUT2D eigenvalue weighted by Crippen LogP contribution is 2.38. The van der Waals surface area contributed by atoms with Gasteiger partial charge in [0, 0.05) is 25.1 Å². The quantitative estimate of drug-likeness (QED) is 0.354. The van der Waals surface area contributed by atoms with Crippen LogP contribution in [0.1, 0.15) is 29.2 Å². The number of carboxylic acid groups (broad SMARTS) is 2. The summed E-state index contributed by atoms with van der Waals surface area (Å²) in [6.07, 6.45) is -3.68. The molecule has 1 aromatic heterocycles. The van der Waals surface area contributed by atoms with Crippen LogP contribution in [0.3, 0.4) is 0 Å². The summed E-state index contributed by atoms with van der Waals surface area (Å²) in [5.74, 6) is -3.67. The van der Waals surface area contributed by atoms with Gasteiger partial charge in [-0.3, -0.25) is 0 Å². The zero-order valence-electron chi connectivity index (χ0n) is 19.7. The summed E-state index contributed by atoms with van der Waals surface area (Å²) in [6, 6.07) is 17.2. The standard InChI is InChI=1S/C21H21FN4.C4H6O6/c1-14-7-10-20(24-23-14)15-8-9-18-16(17-5-3-4-6-19(17)22)11-12-26(2)25-21(18)13-15;5-1(3(7)8)2(6)4(9)10/h3-10,13,16,25H,11-12H2,1-2H3;1-2,5-6H,(H,7,8)(H,9,10)/t;1-,2-/m.1/s1. The first-order valence-corrected chi connectivity index (χ1v) is 11.1. The zero-order valence-corrected chi connectivity index (χ0v) is 19.7. The number of hydrazine groups is 1. The maximum absolute atomic E-state index is 14.4. The molecule has 3 aromatic rings. The molecule has 4 rings (SSSR count). The number of anilines is 1. The van der Waals surface area contributed by atoms with E-state index in [0.717, 1.165) is 46.7 Å². The second-order valence-electron chi connectivity index (χ2n) is 8.32. The molecule has 5 N–H and O–H groups in total. The van der Waals surface area contributed by atoms with Crippen molar-refractivity contribution < 1.29 is 34.4 Å². The highest BCUT2D eigenvalue weighted by atomic mass is 19.1. The van der Waals surface area contributed by atoms with Gasteiger partial charge in [-0.15, -0.1) is 0 Å². The maximum atomic E-state index is 14.4. The number of aromatic nitrogens is 2. The number of benzene rings is 2. The van der Waals surface area contributed by atoms with Crippen LogP contribution >= 0.6 is 0 Å². The van der Waals surface area contributed by atoms with E-state index in [1.165, 1.54) is 6.07 Å². The van der Waals surface area contributed by atoms with Crippen LogP contribution in [-0.2, 0) is 9.59 Å². The number of aliphatic hydroxyl groups is 2. The number of hydrogen-bond donors (Lipinski definition) is 5. The minimum atomic E-state index is -2.27. The molecule has 190 valence electrons. The van der Waals surface area contributed by atoms with E-state index in [1.54, 1.807) is 6.07 Å². The zero-order chi connectivity index (χ0) is 26.4. The van der Waals surface area contributed by atoms with Gasteiger partial charge in [-0.05, 0) is 48.7 Å². The summed E-state index contributed by atoms with van der Waals surface area (Å²) >= 11 is 0. The third-order valence-corrected chi connectivity index (χ3v) is 5.67. The normalized spacial score (nSPS) is 16.9. The first-order valence-electron chi connectivity index (χ1n) is 11.1. The fourth-order valence-corrected chi connectivity index (χ4v) is 3.76. The van der Waals surface area contributed by atoms with Crippen molar-refractivity contribution in [3.63, 3.8) is 0 Å². The Bertz CT molecular complexity index is 1210. The highest BCUT2D eigenvalue weighted by Gasteiger charge is 2.29. The molecule has 11 heteroatoms. The molecule has 0 amide bonds. The number of carbonyl (C=O) groups is 2. The molecule has 36 heavy (non-hydrogen) atoms. The molecule has 3 atom stereocenters. The van der Waals surface area contributed by atoms with E-state index in [4.69, 9.17) is 20.4 Å². The molecule has 1 unspecified atom stereocenters. The van der Waals surface area contributed by atoms with Gasteiger partial charge in [0.25, 0.3) is 0 Å². The molecule has 0 saturated heterocycles. The number of rotatable bonds is 5. The number of nitrogens with zero attached hydrogens (tertiary/aromatic N) is 3. The van der Waals surface area contributed by atoms with Crippen molar-refractivity contribution in [3.05, 3.63) is 77.2 Å². The predicted octanol–water partition coefficient (Wildman–Crippen LogP) is 2.26. The van der Waals surface area contributed by atoms with Crippen molar-refractivity contribution in [1.29, 1.82) is 0 Å². The summed E-state index contributed by atoms with van der Waals surface area (Å²) in [6.45, 7) is 2.75. The number of aliphatic carboxylic acids is 2. The van der Waals surface area contributed by atoms with Gasteiger partial charge in [0.15, 0.2) is 12.2 Å². The Hall–Kier alpha value is -3.93. The first kappa shape index (κ1) is 26.7. The third-order valence-electron chi connectivity index (χ3n) is 5.67. The lowest BCUT2D eigenvalue weighted by Crippen LogP contribution is -2.39. The van der Waals surface area contributed by atoms with Gasteiger partial charge in [0.1, 0.15) is 5.82 Å². The fraction of sp³-hybridized carbons (Fsp3) is 0.280. The summed E-state index contributed by atoms with van der Waals surface area (Å²) in [4.78, 5) is 19.5. The van der Waals surface area contributed by atoms with E-state index in [-0.39, 0.29) is 11.7 Å². The van der Waals surface area contributed by atoms with Crippen LogP contribution in [0.5, 0.6) is 0 Å². The van der Waals surface area contributed by atoms with Crippen LogP contribution in [0.15, 0.2) is 54.6 Å². The maximum Gasteiger partial charge on any atom is 0.335 e. The van der Waals surface area contributed by atoms with Gasteiger partial charge < -0.3 is 25.9 Å². The Morgan fingerprint density at radius 3 is 2.25 bits per heavy atom. The summed E-state index contributed by atoms with van der Waals surface area (Å²) < 4.78 is 14.4. The van der Waals surface area contributed by atoms with Crippen molar-refractivity contribution in [1.82, 2.24) is 15.2 Å². The van der Waals surface area contributed by atoms with Crippen LogP contribution < -0.4 is 5.43 Å². The van der Waals surface area contributed by atoms with Gasteiger partial charge in [-0.25, -0.2) is 19.0 Å². The van der Waals surface area contributed by atoms with Crippen LogP contribution in [0.25, 0.3) is 11.3 Å². The van der Waals surface area contributed by atoms with Crippen molar-refractivity contribution in [2.24, 2.45) is 0 Å². The lowest BCUT2D eigenvalue weighted by atomic mass is 9.87. The van der Waals surface area contributed by atoms with Crippen LogP contribution in [0, 0.1) is 12.7 Å². The SMILES string of the molecule is Cc1ccc(-c2ccc3c(c2)NN(C)CCC3c2ccccc2F)nn1.O=C(O)[C@H](O)[C@@H](O)C(=O)O. The van der Waals surface area contributed by atoms with E-state index < -0.39 is 24.1 Å². The van der Waals surface area contributed by atoms with Crippen molar-refractivity contribution in [3.8, 4) is 11.3 Å². The summed E-state index contributed by atoms with van der Waals surface area (Å²) in [5, 5.41) is 43.0. The molecule has 0 radical (unpaired) electrons. The Balaban J connectivity index is 0.000000308. The highest BCUT2D eigenvalue weighted by molar-refractivity contribution is 5.83. The molecule has 0 aliphatic carbocycles. The first-order chi connectivity index (χ1) is 17.1. The molecule has 2 heterocycles. The number of aliphatic hydroxyl groups excluding tert-OH is 2. The summed E-state index contributed by atoms with van der Waals surface area (Å²) in [5.41, 5.74) is 8.96. The average molecular weight is 499 g/mol. The lowest BCUT2D eigenvalue weighted by Gasteiger charge is -2.19. The molecule has 0 fully saturated rings. The molecule has 0 saturated carbocycles. The van der Waals surface area contributed by atoms with Crippen LogP contribution in [0.4, 0.5) is 10.1 Å². The average Bonchev–Trinajstić information content (AvgIpc) is 3.01. The monoisotopic (exact) mass is 498 g/mol. The van der Waals surface area contributed by atoms with Gasteiger partial charge in [-0.2, -0.15) is 10.2 Å². The Morgan fingerprint density at radius 1 is 1.00 bits per heavy atom. The molecular weight excluding hydrogens is 471 g/mol. The molecule has 2 aromatic carbocycles. The number of aryl methyl sites for hydroxylation is 1. The molecule has 1 aliphatic heterocycles. The van der Waals surface area contributed by atoms with Crippen LogP contribution in [0.2, 0.25) is 0 Å². The second-order valence-corrected chi connectivity index (χ2v) is 8.32. The molecule has 0 spiro atoms. The topological polar surface area (TPSA) is 156 Å². The van der Waals surface area contributed by atoms with E-state index in [0.29, 0.717) is 0 Å². The summed E-state index contributed by atoms with van der Waals surface area (Å²) in [7, 11) is 2.01.